The van der Waals surface area contributed by atoms with E-state index in [1.165, 1.54) is 0 Å². The van der Waals surface area contributed by atoms with Gasteiger partial charge in [0.2, 0.25) is 0 Å². The van der Waals surface area contributed by atoms with Crippen molar-refractivity contribution in [1.29, 1.82) is 0 Å². The minimum Gasteiger partial charge on any atom is -0.326 e. The highest BCUT2D eigenvalue weighted by Gasteiger charge is 1.96. The molecule has 0 spiro atoms. The molecule has 0 amide bonds. The highest BCUT2D eigenvalue weighted by atomic mass is 79.9. The van der Waals surface area contributed by atoms with E-state index in [1.807, 2.05) is 12.1 Å². The molecular weight excluding hydrogens is 258 g/mol. The van der Waals surface area contributed by atoms with Crippen molar-refractivity contribution < 1.29 is 0 Å². The van der Waals surface area contributed by atoms with E-state index in [9.17, 15) is 0 Å². The third kappa shape index (κ3) is 1.81. The predicted molar refractivity (Wildman–Crippen MR) is 48.6 cm³/mol. The summed E-state index contributed by atoms with van der Waals surface area (Å²) >= 11 is 6.68. The smallest absolute Gasteiger partial charge is 0.0265 e. The van der Waals surface area contributed by atoms with Crippen molar-refractivity contribution in [2.24, 2.45) is 5.73 Å². The Kier molecular flexibility index (Phi) is 2.89. The molecular formula is C7H6Br2N. The maximum absolute atomic E-state index is 5.44. The molecule has 1 nitrogen and oxygen atoms in total. The van der Waals surface area contributed by atoms with E-state index in [-0.39, 0.29) is 0 Å². The maximum Gasteiger partial charge on any atom is 0.0265 e. The molecule has 0 heterocycles. The number of rotatable bonds is 1. The Morgan fingerprint density at radius 2 is 2.20 bits per heavy atom. The Balaban J connectivity index is 3.07. The monoisotopic (exact) mass is 262 g/mol. The van der Waals surface area contributed by atoms with Crippen LogP contribution in [-0.2, 0) is 6.54 Å². The second kappa shape index (κ2) is 3.51. The molecule has 0 aliphatic rings. The van der Waals surface area contributed by atoms with Crippen molar-refractivity contribution in [3.05, 3.63) is 32.7 Å². The van der Waals surface area contributed by atoms with Gasteiger partial charge in [0.15, 0.2) is 0 Å². The number of hydrogen-bond acceptors (Lipinski definition) is 1. The van der Waals surface area contributed by atoms with Crippen LogP contribution in [0.15, 0.2) is 21.1 Å². The summed E-state index contributed by atoms with van der Waals surface area (Å²) in [7, 11) is 0. The molecule has 0 aliphatic heterocycles. The molecule has 0 unspecified atom stereocenters. The lowest BCUT2D eigenvalue weighted by molar-refractivity contribution is 1.06. The van der Waals surface area contributed by atoms with Crippen molar-refractivity contribution >= 4 is 31.9 Å². The molecule has 0 aromatic heterocycles. The average molecular weight is 264 g/mol. The van der Waals surface area contributed by atoms with Crippen molar-refractivity contribution in [3.8, 4) is 0 Å². The van der Waals surface area contributed by atoms with Crippen molar-refractivity contribution in [2.75, 3.05) is 0 Å². The average Bonchev–Trinajstić information content (AvgIpc) is 1.88. The van der Waals surface area contributed by atoms with Crippen LogP contribution in [0.5, 0.6) is 0 Å². The van der Waals surface area contributed by atoms with Crippen LogP contribution in [0.2, 0.25) is 0 Å². The molecule has 0 atom stereocenters. The lowest BCUT2D eigenvalue weighted by Crippen LogP contribution is -1.96. The van der Waals surface area contributed by atoms with Crippen LogP contribution in [-0.4, -0.2) is 0 Å². The molecule has 0 aliphatic carbocycles. The number of halogens is 2. The molecule has 0 saturated heterocycles. The van der Waals surface area contributed by atoms with E-state index in [0.29, 0.717) is 6.54 Å². The standard InChI is InChI=1S/C7H6Br2N/c8-6-2-1-5(4-10)7(9)3-6/h1,3H,4,10H2. The van der Waals surface area contributed by atoms with Crippen LogP contribution in [0.1, 0.15) is 5.56 Å². The van der Waals surface area contributed by atoms with Gasteiger partial charge in [-0.15, -0.1) is 0 Å². The van der Waals surface area contributed by atoms with E-state index in [4.69, 9.17) is 5.73 Å². The highest BCUT2D eigenvalue weighted by molar-refractivity contribution is 9.11. The second-order valence-corrected chi connectivity index (χ2v) is 3.57. The molecule has 1 aromatic carbocycles. The summed E-state index contributed by atoms with van der Waals surface area (Å²) in [5.41, 5.74) is 6.51. The Morgan fingerprint density at radius 3 is 2.70 bits per heavy atom. The first-order valence-corrected chi connectivity index (χ1v) is 4.38. The predicted octanol–water partition coefficient (Wildman–Crippen LogP) is 2.47. The molecule has 0 bridgehead atoms. The Labute approximate surface area is 76.9 Å². The maximum atomic E-state index is 5.44. The third-order valence-electron chi connectivity index (χ3n) is 1.16. The molecule has 0 fully saturated rings. The fourth-order valence-electron chi connectivity index (χ4n) is 0.627. The fraction of sp³-hybridized carbons (Fsp3) is 0.143. The van der Waals surface area contributed by atoms with Crippen LogP contribution in [0.3, 0.4) is 0 Å². The van der Waals surface area contributed by atoms with Gasteiger partial charge < -0.3 is 5.73 Å². The van der Waals surface area contributed by atoms with Crippen LogP contribution in [0, 0.1) is 6.07 Å². The van der Waals surface area contributed by atoms with E-state index in [0.717, 1.165) is 14.5 Å². The van der Waals surface area contributed by atoms with Crippen LogP contribution in [0.25, 0.3) is 0 Å². The van der Waals surface area contributed by atoms with Gasteiger partial charge in [-0.25, -0.2) is 0 Å². The first-order chi connectivity index (χ1) is 4.74. The van der Waals surface area contributed by atoms with Gasteiger partial charge in [-0.05, 0) is 23.8 Å². The zero-order valence-electron chi connectivity index (χ0n) is 5.20. The zero-order valence-corrected chi connectivity index (χ0v) is 8.37. The van der Waals surface area contributed by atoms with E-state index >= 15 is 0 Å². The molecule has 1 radical (unpaired) electrons. The van der Waals surface area contributed by atoms with Crippen molar-refractivity contribution in [1.82, 2.24) is 0 Å². The minimum absolute atomic E-state index is 0.546. The van der Waals surface area contributed by atoms with Gasteiger partial charge in [0.25, 0.3) is 0 Å². The number of nitrogens with two attached hydrogens (primary N) is 1. The van der Waals surface area contributed by atoms with E-state index < -0.39 is 0 Å². The highest BCUT2D eigenvalue weighted by Crippen LogP contribution is 2.20. The largest absolute Gasteiger partial charge is 0.326 e. The normalized spacial score (nSPS) is 9.90. The lowest BCUT2D eigenvalue weighted by atomic mass is 10.2. The summed E-state index contributed by atoms with van der Waals surface area (Å²) in [4.78, 5) is 0. The van der Waals surface area contributed by atoms with Crippen molar-refractivity contribution in [3.63, 3.8) is 0 Å². The third-order valence-corrected chi connectivity index (χ3v) is 2.36. The summed E-state index contributed by atoms with van der Waals surface area (Å²) in [6.07, 6.45) is 0. The van der Waals surface area contributed by atoms with Crippen LogP contribution in [0.4, 0.5) is 0 Å². The Hall–Kier alpha value is 0.140. The summed E-state index contributed by atoms with van der Waals surface area (Å²) in [5, 5.41) is 0. The van der Waals surface area contributed by atoms with Gasteiger partial charge in [0.1, 0.15) is 0 Å². The summed E-state index contributed by atoms with van der Waals surface area (Å²) in [6, 6.07) is 6.80. The topological polar surface area (TPSA) is 26.0 Å². The Bertz CT molecular complexity index is 235. The second-order valence-electron chi connectivity index (χ2n) is 1.86. The van der Waals surface area contributed by atoms with Gasteiger partial charge >= 0.3 is 0 Å². The van der Waals surface area contributed by atoms with Gasteiger partial charge in [0.05, 0.1) is 0 Å². The number of hydrogen-bond donors (Lipinski definition) is 1. The van der Waals surface area contributed by atoms with E-state index in [2.05, 4.69) is 37.9 Å². The molecule has 1 aromatic rings. The SMILES string of the molecule is NCc1c[c]c(Br)cc1Br. The minimum atomic E-state index is 0.546. The molecule has 0 saturated carbocycles. The molecule has 10 heavy (non-hydrogen) atoms. The molecule has 3 heteroatoms. The number of benzene rings is 1. The quantitative estimate of drug-likeness (QED) is 0.828. The fourth-order valence-corrected chi connectivity index (χ4v) is 1.78. The van der Waals surface area contributed by atoms with Gasteiger partial charge in [-0.3, -0.25) is 0 Å². The summed E-state index contributed by atoms with van der Waals surface area (Å²) in [6.45, 7) is 0.546. The molecule has 2 N–H and O–H groups in total. The first-order valence-electron chi connectivity index (χ1n) is 2.79. The Morgan fingerprint density at radius 1 is 1.50 bits per heavy atom. The summed E-state index contributed by atoms with van der Waals surface area (Å²) < 4.78 is 1.97. The van der Waals surface area contributed by atoms with Gasteiger partial charge in [-0.1, -0.05) is 31.9 Å². The first kappa shape index (κ1) is 8.24. The van der Waals surface area contributed by atoms with Gasteiger partial charge in [0, 0.05) is 15.5 Å². The molecule has 1 rings (SSSR count). The lowest BCUT2D eigenvalue weighted by Gasteiger charge is -1.99. The van der Waals surface area contributed by atoms with Crippen LogP contribution >= 0.6 is 31.9 Å². The van der Waals surface area contributed by atoms with Crippen LogP contribution < -0.4 is 5.73 Å². The van der Waals surface area contributed by atoms with E-state index in [1.54, 1.807) is 0 Å². The zero-order chi connectivity index (χ0) is 7.56. The molecule has 53 valence electrons. The van der Waals surface area contributed by atoms with Crippen molar-refractivity contribution in [2.45, 2.75) is 6.54 Å². The summed E-state index contributed by atoms with van der Waals surface area (Å²) in [5.74, 6) is 0. The van der Waals surface area contributed by atoms with Gasteiger partial charge in [-0.2, -0.15) is 0 Å².